The van der Waals surface area contributed by atoms with E-state index in [1.54, 1.807) is 21.9 Å². The lowest BCUT2D eigenvalue weighted by atomic mass is 10.2. The Morgan fingerprint density at radius 3 is 2.33 bits per heavy atom. The van der Waals surface area contributed by atoms with E-state index in [0.29, 0.717) is 31.9 Å². The average Bonchev–Trinajstić information content (AvgIpc) is 3.06. The molecule has 0 atom stereocenters. The predicted molar refractivity (Wildman–Crippen MR) is 79.1 cm³/mol. The number of rotatable bonds is 4. The summed E-state index contributed by atoms with van der Waals surface area (Å²) >= 11 is 0. The van der Waals surface area contributed by atoms with E-state index >= 15 is 0 Å². The molecule has 2 heterocycles. The molecule has 1 aromatic rings. The van der Waals surface area contributed by atoms with Crippen LogP contribution in [-0.4, -0.2) is 54.0 Å². The van der Waals surface area contributed by atoms with Crippen molar-refractivity contribution in [1.82, 2.24) is 15.1 Å². The highest BCUT2D eigenvalue weighted by molar-refractivity contribution is 5.91. The molecule has 1 N–H and O–H groups in total. The highest BCUT2D eigenvalue weighted by atomic mass is 16.3. The van der Waals surface area contributed by atoms with Crippen molar-refractivity contribution >= 4 is 11.9 Å². The van der Waals surface area contributed by atoms with Crippen LogP contribution in [0.15, 0.2) is 22.8 Å². The second-order valence-corrected chi connectivity index (χ2v) is 5.22. The van der Waals surface area contributed by atoms with Gasteiger partial charge in [0.25, 0.3) is 5.91 Å². The van der Waals surface area contributed by atoms with Crippen LogP contribution in [0.5, 0.6) is 0 Å². The average molecular weight is 293 g/mol. The van der Waals surface area contributed by atoms with Crippen LogP contribution in [0.4, 0.5) is 4.79 Å². The highest BCUT2D eigenvalue weighted by Crippen LogP contribution is 2.10. The van der Waals surface area contributed by atoms with Crippen molar-refractivity contribution < 1.29 is 14.0 Å². The van der Waals surface area contributed by atoms with Crippen molar-refractivity contribution in [1.29, 1.82) is 0 Å². The van der Waals surface area contributed by atoms with Crippen LogP contribution in [0.2, 0.25) is 0 Å². The number of piperazine rings is 1. The zero-order chi connectivity index (χ0) is 15.2. The molecule has 1 aliphatic heterocycles. The van der Waals surface area contributed by atoms with E-state index in [2.05, 4.69) is 19.2 Å². The Kier molecular flexibility index (Phi) is 5.25. The van der Waals surface area contributed by atoms with Crippen molar-refractivity contribution in [2.24, 2.45) is 0 Å². The molecule has 1 aliphatic rings. The van der Waals surface area contributed by atoms with E-state index in [1.807, 2.05) is 0 Å². The smallest absolute Gasteiger partial charge is 0.317 e. The van der Waals surface area contributed by atoms with Gasteiger partial charge in [-0.05, 0) is 25.0 Å². The molecule has 0 aromatic carbocycles. The summed E-state index contributed by atoms with van der Waals surface area (Å²) in [6, 6.07) is 3.55. The summed E-state index contributed by atoms with van der Waals surface area (Å²) in [4.78, 5) is 27.7. The first-order chi connectivity index (χ1) is 10.2. The van der Waals surface area contributed by atoms with E-state index in [0.717, 1.165) is 12.8 Å². The molecule has 3 amide bonds. The van der Waals surface area contributed by atoms with Gasteiger partial charge in [0.15, 0.2) is 5.76 Å². The maximum atomic E-state index is 12.1. The zero-order valence-electron chi connectivity index (χ0n) is 12.7. The van der Waals surface area contributed by atoms with Gasteiger partial charge in [0.05, 0.1) is 6.26 Å². The minimum atomic E-state index is -0.111. The summed E-state index contributed by atoms with van der Waals surface area (Å²) in [6.45, 7) is 6.31. The molecule has 6 heteroatoms. The third-order valence-electron chi connectivity index (χ3n) is 3.90. The van der Waals surface area contributed by atoms with E-state index < -0.39 is 0 Å². The van der Waals surface area contributed by atoms with Crippen molar-refractivity contribution in [3.63, 3.8) is 0 Å². The molecule has 0 bridgehead atoms. The number of hydrogen-bond donors (Lipinski definition) is 1. The lowest BCUT2D eigenvalue weighted by Gasteiger charge is -2.35. The molecule has 6 nitrogen and oxygen atoms in total. The quantitative estimate of drug-likeness (QED) is 0.922. The molecule has 0 saturated carbocycles. The van der Waals surface area contributed by atoms with Crippen LogP contribution in [0.3, 0.4) is 0 Å². The molecule has 0 unspecified atom stereocenters. The minimum Gasteiger partial charge on any atom is -0.459 e. The lowest BCUT2D eigenvalue weighted by molar-refractivity contribution is 0.0632. The largest absolute Gasteiger partial charge is 0.459 e. The van der Waals surface area contributed by atoms with Gasteiger partial charge < -0.3 is 19.5 Å². The number of urea groups is 1. The van der Waals surface area contributed by atoms with E-state index in [9.17, 15) is 9.59 Å². The first kappa shape index (κ1) is 15.4. The van der Waals surface area contributed by atoms with Gasteiger partial charge in [0.2, 0.25) is 0 Å². The molecule has 1 saturated heterocycles. The summed E-state index contributed by atoms with van der Waals surface area (Å²) in [5, 5.41) is 3.02. The Bertz CT molecular complexity index is 461. The molecule has 0 aliphatic carbocycles. The van der Waals surface area contributed by atoms with Crippen molar-refractivity contribution in [2.45, 2.75) is 32.7 Å². The molecule has 21 heavy (non-hydrogen) atoms. The number of hydrogen-bond acceptors (Lipinski definition) is 3. The van der Waals surface area contributed by atoms with Gasteiger partial charge in [-0.3, -0.25) is 4.79 Å². The summed E-state index contributed by atoms with van der Waals surface area (Å²) in [5.74, 6) is 0.241. The summed E-state index contributed by atoms with van der Waals surface area (Å²) in [5.41, 5.74) is 0. The molecule has 2 rings (SSSR count). The van der Waals surface area contributed by atoms with Crippen LogP contribution in [-0.2, 0) is 0 Å². The number of nitrogens with zero attached hydrogens (tertiary/aromatic N) is 2. The molecule has 0 radical (unpaired) electrons. The van der Waals surface area contributed by atoms with Crippen LogP contribution < -0.4 is 5.32 Å². The monoisotopic (exact) mass is 293 g/mol. The van der Waals surface area contributed by atoms with Crippen molar-refractivity contribution in [3.05, 3.63) is 24.2 Å². The fraction of sp³-hybridized carbons (Fsp3) is 0.600. The molecular weight excluding hydrogens is 270 g/mol. The Morgan fingerprint density at radius 1 is 1.19 bits per heavy atom. The van der Waals surface area contributed by atoms with Gasteiger partial charge in [-0.25, -0.2) is 4.79 Å². The van der Waals surface area contributed by atoms with E-state index in [1.165, 1.54) is 6.26 Å². The van der Waals surface area contributed by atoms with Crippen LogP contribution in [0.25, 0.3) is 0 Å². The first-order valence-electron chi connectivity index (χ1n) is 7.53. The molecule has 1 fully saturated rings. The summed E-state index contributed by atoms with van der Waals surface area (Å²) in [7, 11) is 0. The van der Waals surface area contributed by atoms with Gasteiger partial charge >= 0.3 is 6.03 Å². The fourth-order valence-electron chi connectivity index (χ4n) is 2.43. The van der Waals surface area contributed by atoms with Gasteiger partial charge in [0.1, 0.15) is 0 Å². The Labute approximate surface area is 125 Å². The third-order valence-corrected chi connectivity index (χ3v) is 3.90. The van der Waals surface area contributed by atoms with Gasteiger partial charge in [-0.2, -0.15) is 0 Å². The Morgan fingerprint density at radius 2 is 1.81 bits per heavy atom. The number of nitrogens with one attached hydrogen (secondary N) is 1. The van der Waals surface area contributed by atoms with Gasteiger partial charge in [-0.15, -0.1) is 0 Å². The minimum absolute atomic E-state index is 0.0335. The molecular formula is C15H23N3O3. The molecule has 1 aromatic heterocycles. The summed E-state index contributed by atoms with van der Waals surface area (Å²) < 4.78 is 5.12. The van der Waals surface area contributed by atoms with Gasteiger partial charge in [0, 0.05) is 32.2 Å². The number of amides is 3. The first-order valence-corrected chi connectivity index (χ1v) is 7.53. The SMILES string of the molecule is CCC(CC)NC(=O)N1CCN(C(=O)c2ccco2)CC1. The lowest BCUT2D eigenvalue weighted by Crippen LogP contribution is -2.54. The maximum Gasteiger partial charge on any atom is 0.317 e. The van der Waals surface area contributed by atoms with Crippen LogP contribution >= 0.6 is 0 Å². The maximum absolute atomic E-state index is 12.1. The predicted octanol–water partition coefficient (Wildman–Crippen LogP) is 1.94. The van der Waals surface area contributed by atoms with E-state index in [4.69, 9.17) is 4.42 Å². The van der Waals surface area contributed by atoms with E-state index in [-0.39, 0.29) is 18.0 Å². The van der Waals surface area contributed by atoms with Crippen molar-refractivity contribution in [2.75, 3.05) is 26.2 Å². The van der Waals surface area contributed by atoms with Crippen LogP contribution in [0.1, 0.15) is 37.2 Å². The zero-order valence-corrected chi connectivity index (χ0v) is 12.7. The van der Waals surface area contributed by atoms with Crippen LogP contribution in [0, 0.1) is 0 Å². The Balaban J connectivity index is 1.83. The number of carbonyl (C=O) groups is 2. The Hall–Kier alpha value is -1.98. The summed E-state index contributed by atoms with van der Waals surface area (Å²) in [6.07, 6.45) is 3.35. The standard InChI is InChI=1S/C15H23N3O3/c1-3-12(4-2)16-15(20)18-9-7-17(8-10-18)14(19)13-6-5-11-21-13/h5-6,11-12H,3-4,7-10H2,1-2H3,(H,16,20). The fourth-order valence-corrected chi connectivity index (χ4v) is 2.43. The second kappa shape index (κ2) is 7.15. The van der Waals surface area contributed by atoms with Crippen molar-refractivity contribution in [3.8, 4) is 0 Å². The van der Waals surface area contributed by atoms with Gasteiger partial charge in [-0.1, -0.05) is 13.8 Å². The molecule has 116 valence electrons. The molecule has 0 spiro atoms. The highest BCUT2D eigenvalue weighted by Gasteiger charge is 2.26. The topological polar surface area (TPSA) is 65.8 Å². The normalized spacial score (nSPS) is 15.4. The number of furan rings is 1. The second-order valence-electron chi connectivity index (χ2n) is 5.22. The number of carbonyl (C=O) groups excluding carboxylic acids is 2. The third kappa shape index (κ3) is 3.77.